The Kier molecular flexibility index (Phi) is 5.64. The minimum atomic E-state index is -4.67. The van der Waals surface area contributed by atoms with Gasteiger partial charge in [-0.3, -0.25) is 4.98 Å². The molecule has 0 unspecified atom stereocenters. The lowest BCUT2D eigenvalue weighted by Crippen LogP contribution is -2.55. The van der Waals surface area contributed by atoms with Crippen molar-refractivity contribution in [3.8, 4) is 11.3 Å². The monoisotopic (exact) mass is 509 g/mol. The standard InChI is InChI=1S/C29H27F4N3O/c30-22-9-7-19(8-10-22)26-25-14-20-4-3-5-21-15-28(37,29(31,32)33)12-11-27(21,16-23-6-1-2-13-34-23)24(20)17-36(25)18-35-26/h1-2,6-10,13-14,17-18,21,37H,3-5,11-12,15-16H2/t21-,27+,28-/m1/s1. The SMILES string of the molecule is O[C@]1(C(F)(F)F)CC[C@@]2(Cc3ccccn3)c3cn4cnc(-c5ccc(F)cc5)c4cc3CCC[C@@H]2C1. The number of aryl methyl sites for hydroxylation is 1. The fourth-order valence-electron chi connectivity index (χ4n) is 6.59. The molecule has 192 valence electrons. The highest BCUT2D eigenvalue weighted by atomic mass is 19.4. The summed E-state index contributed by atoms with van der Waals surface area (Å²) in [5, 5.41) is 10.7. The van der Waals surface area contributed by atoms with Gasteiger partial charge in [-0.05, 0) is 104 Å². The van der Waals surface area contributed by atoms with Crippen LogP contribution in [0, 0.1) is 11.7 Å². The predicted molar refractivity (Wildman–Crippen MR) is 131 cm³/mol. The Balaban J connectivity index is 1.50. The Hall–Kier alpha value is -3.26. The van der Waals surface area contributed by atoms with Crippen LogP contribution in [-0.4, -0.2) is 31.3 Å². The molecule has 2 aliphatic carbocycles. The van der Waals surface area contributed by atoms with Gasteiger partial charge in [0.15, 0.2) is 5.60 Å². The number of fused-ring (bicyclic) bond motifs is 4. The van der Waals surface area contributed by atoms with Crippen molar-refractivity contribution in [2.45, 2.75) is 62.1 Å². The van der Waals surface area contributed by atoms with Crippen LogP contribution in [0.4, 0.5) is 17.6 Å². The van der Waals surface area contributed by atoms with Gasteiger partial charge < -0.3 is 9.51 Å². The molecule has 8 heteroatoms. The molecule has 4 nitrogen and oxygen atoms in total. The number of halogens is 4. The molecule has 37 heavy (non-hydrogen) atoms. The lowest BCUT2D eigenvalue weighted by atomic mass is 9.56. The van der Waals surface area contributed by atoms with Crippen LogP contribution < -0.4 is 0 Å². The molecule has 0 amide bonds. The third-order valence-corrected chi connectivity index (χ3v) is 8.51. The summed E-state index contributed by atoms with van der Waals surface area (Å²) in [6.07, 6.45) is 2.87. The van der Waals surface area contributed by atoms with Gasteiger partial charge in [-0.25, -0.2) is 9.37 Å². The molecule has 1 saturated carbocycles. The normalized spacial score (nSPS) is 25.9. The molecule has 1 fully saturated rings. The zero-order valence-corrected chi connectivity index (χ0v) is 20.2. The first-order valence-electron chi connectivity index (χ1n) is 12.6. The smallest absolute Gasteiger partial charge is 0.380 e. The molecular weight excluding hydrogens is 482 g/mol. The van der Waals surface area contributed by atoms with Gasteiger partial charge in [0.1, 0.15) is 5.82 Å². The number of aliphatic hydroxyl groups is 1. The summed E-state index contributed by atoms with van der Waals surface area (Å²) in [6.45, 7) is 0. The zero-order chi connectivity index (χ0) is 25.8. The van der Waals surface area contributed by atoms with Crippen molar-refractivity contribution in [1.29, 1.82) is 0 Å². The van der Waals surface area contributed by atoms with Crippen LogP contribution in [0.25, 0.3) is 16.8 Å². The number of rotatable bonds is 3. The minimum absolute atomic E-state index is 0.211. The third kappa shape index (κ3) is 4.02. The van der Waals surface area contributed by atoms with E-state index in [1.165, 1.54) is 12.1 Å². The maximum absolute atomic E-state index is 13.9. The van der Waals surface area contributed by atoms with E-state index >= 15 is 0 Å². The Morgan fingerprint density at radius 2 is 1.86 bits per heavy atom. The molecular formula is C29H27F4N3O. The highest BCUT2D eigenvalue weighted by Crippen LogP contribution is 2.56. The van der Waals surface area contributed by atoms with Gasteiger partial charge in [0.25, 0.3) is 0 Å². The molecule has 3 aromatic heterocycles. The fraction of sp³-hybridized carbons (Fsp3) is 0.379. The fourth-order valence-corrected chi connectivity index (χ4v) is 6.59. The first-order chi connectivity index (χ1) is 17.7. The second kappa shape index (κ2) is 8.65. The molecule has 0 spiro atoms. The van der Waals surface area contributed by atoms with Crippen LogP contribution >= 0.6 is 0 Å². The Bertz CT molecular complexity index is 1430. The van der Waals surface area contributed by atoms with Crippen LogP contribution in [0.2, 0.25) is 0 Å². The van der Waals surface area contributed by atoms with Crippen molar-refractivity contribution in [2.75, 3.05) is 0 Å². The van der Waals surface area contributed by atoms with Gasteiger partial charge in [-0.2, -0.15) is 13.2 Å². The first kappa shape index (κ1) is 24.1. The maximum Gasteiger partial charge on any atom is 0.417 e. The molecule has 0 aliphatic heterocycles. The molecule has 6 rings (SSSR count). The van der Waals surface area contributed by atoms with E-state index in [0.29, 0.717) is 12.8 Å². The van der Waals surface area contributed by atoms with Crippen LogP contribution in [0.15, 0.2) is 67.3 Å². The van der Waals surface area contributed by atoms with Crippen molar-refractivity contribution < 1.29 is 22.7 Å². The van der Waals surface area contributed by atoms with E-state index in [9.17, 15) is 22.7 Å². The third-order valence-electron chi connectivity index (χ3n) is 8.51. The van der Waals surface area contributed by atoms with E-state index in [1.54, 1.807) is 24.7 Å². The number of alkyl halides is 3. The Labute approximate surface area is 212 Å². The highest BCUT2D eigenvalue weighted by molar-refractivity contribution is 5.78. The quantitative estimate of drug-likeness (QED) is 0.323. The van der Waals surface area contributed by atoms with E-state index in [4.69, 9.17) is 0 Å². The van der Waals surface area contributed by atoms with Crippen LogP contribution in [-0.2, 0) is 18.3 Å². The summed E-state index contributed by atoms with van der Waals surface area (Å²) in [7, 11) is 0. The zero-order valence-electron chi connectivity index (χ0n) is 20.2. The number of hydrogen-bond acceptors (Lipinski definition) is 3. The molecule has 3 heterocycles. The lowest BCUT2D eigenvalue weighted by Gasteiger charge is -2.50. The molecule has 3 atom stereocenters. The van der Waals surface area contributed by atoms with E-state index in [2.05, 4.69) is 16.0 Å². The predicted octanol–water partition coefficient (Wildman–Crippen LogP) is 6.45. The van der Waals surface area contributed by atoms with Crippen LogP contribution in [0.3, 0.4) is 0 Å². The van der Waals surface area contributed by atoms with Gasteiger partial charge in [0.2, 0.25) is 0 Å². The first-order valence-corrected chi connectivity index (χ1v) is 12.6. The maximum atomic E-state index is 13.9. The number of imidazole rings is 1. The molecule has 0 radical (unpaired) electrons. The van der Waals surface area contributed by atoms with Gasteiger partial charge in [0.05, 0.1) is 17.5 Å². The van der Waals surface area contributed by atoms with Crippen LogP contribution in [0.1, 0.15) is 48.9 Å². The van der Waals surface area contributed by atoms with E-state index in [-0.39, 0.29) is 31.0 Å². The molecule has 4 aromatic rings. The average Bonchev–Trinajstić information content (AvgIpc) is 3.22. The molecule has 1 N–H and O–H groups in total. The number of aromatic nitrogens is 3. The van der Waals surface area contributed by atoms with Crippen molar-refractivity contribution in [2.24, 2.45) is 5.92 Å². The topological polar surface area (TPSA) is 50.4 Å². The lowest BCUT2D eigenvalue weighted by molar-refractivity contribution is -0.279. The van der Waals surface area contributed by atoms with Gasteiger partial charge >= 0.3 is 6.18 Å². The van der Waals surface area contributed by atoms with Crippen molar-refractivity contribution >= 4 is 5.52 Å². The molecule has 2 aliphatic rings. The Morgan fingerprint density at radius 1 is 1.05 bits per heavy atom. The molecule has 1 aromatic carbocycles. The second-order valence-electron chi connectivity index (χ2n) is 10.6. The van der Waals surface area contributed by atoms with Gasteiger partial charge in [-0.1, -0.05) is 6.07 Å². The number of nitrogens with zero attached hydrogens (tertiary/aromatic N) is 3. The van der Waals surface area contributed by atoms with Crippen molar-refractivity contribution in [3.63, 3.8) is 0 Å². The minimum Gasteiger partial charge on any atom is -0.380 e. The van der Waals surface area contributed by atoms with Gasteiger partial charge in [0, 0.05) is 29.1 Å². The summed E-state index contributed by atoms with van der Waals surface area (Å²) in [5.41, 5.74) is 2.07. The highest BCUT2D eigenvalue weighted by Gasteiger charge is 2.61. The van der Waals surface area contributed by atoms with Crippen LogP contribution in [0.5, 0.6) is 0 Å². The number of benzene rings is 1. The molecule has 0 saturated heterocycles. The van der Waals surface area contributed by atoms with Gasteiger partial charge in [-0.15, -0.1) is 0 Å². The molecule has 0 bridgehead atoms. The number of hydrogen-bond donors (Lipinski definition) is 1. The second-order valence-corrected chi connectivity index (χ2v) is 10.6. The largest absolute Gasteiger partial charge is 0.417 e. The van der Waals surface area contributed by atoms with E-state index in [1.807, 2.05) is 28.8 Å². The summed E-state index contributed by atoms with van der Waals surface area (Å²) in [6, 6.07) is 13.9. The Morgan fingerprint density at radius 3 is 2.59 bits per heavy atom. The number of pyridine rings is 2. The average molecular weight is 510 g/mol. The summed E-state index contributed by atoms with van der Waals surface area (Å²) in [5.74, 6) is -0.673. The van der Waals surface area contributed by atoms with Crippen molar-refractivity contribution in [3.05, 3.63) is 89.9 Å². The van der Waals surface area contributed by atoms with E-state index < -0.39 is 17.2 Å². The van der Waals surface area contributed by atoms with Crippen molar-refractivity contribution in [1.82, 2.24) is 14.4 Å². The summed E-state index contributed by atoms with van der Waals surface area (Å²) in [4.78, 5) is 9.12. The van der Waals surface area contributed by atoms with E-state index in [0.717, 1.165) is 46.4 Å². The summed E-state index contributed by atoms with van der Waals surface area (Å²) >= 11 is 0. The summed E-state index contributed by atoms with van der Waals surface area (Å²) < 4.78 is 57.2.